The number of rotatable bonds is 8. The first-order valence-electron chi connectivity index (χ1n) is 8.26. The van der Waals surface area contributed by atoms with Crippen molar-refractivity contribution in [3.8, 4) is 5.75 Å². The molecule has 2 rings (SSSR count). The topological polar surface area (TPSA) is 38.3 Å². The van der Waals surface area contributed by atoms with Gasteiger partial charge in [-0.3, -0.25) is 4.79 Å². The van der Waals surface area contributed by atoms with Crippen molar-refractivity contribution in [1.82, 2.24) is 5.32 Å². The van der Waals surface area contributed by atoms with Crippen LogP contribution >= 0.6 is 23.4 Å². The van der Waals surface area contributed by atoms with E-state index in [1.165, 1.54) is 11.1 Å². The highest BCUT2D eigenvalue weighted by Gasteiger charge is 2.06. The van der Waals surface area contributed by atoms with Gasteiger partial charge >= 0.3 is 0 Å². The van der Waals surface area contributed by atoms with Crippen LogP contribution in [0.3, 0.4) is 0 Å². The van der Waals surface area contributed by atoms with Gasteiger partial charge in [-0.25, -0.2) is 0 Å². The molecule has 2 aromatic rings. The third kappa shape index (κ3) is 6.29. The summed E-state index contributed by atoms with van der Waals surface area (Å²) in [7, 11) is 0. The summed E-state index contributed by atoms with van der Waals surface area (Å²) in [4.78, 5) is 11.9. The Bertz CT molecular complexity index is 710. The van der Waals surface area contributed by atoms with Gasteiger partial charge < -0.3 is 10.1 Å². The van der Waals surface area contributed by atoms with E-state index in [1.54, 1.807) is 0 Å². The molecule has 2 aromatic carbocycles. The van der Waals surface area contributed by atoms with Crippen LogP contribution in [-0.4, -0.2) is 24.8 Å². The van der Waals surface area contributed by atoms with Crippen LogP contribution in [0.2, 0.25) is 5.02 Å². The van der Waals surface area contributed by atoms with Gasteiger partial charge in [0.05, 0.1) is 0 Å². The van der Waals surface area contributed by atoms with Gasteiger partial charge in [0.2, 0.25) is 0 Å². The molecule has 0 unspecified atom stereocenters. The molecule has 0 aliphatic carbocycles. The second-order valence-corrected chi connectivity index (χ2v) is 7.47. The number of hydrogen-bond acceptors (Lipinski definition) is 3. The van der Waals surface area contributed by atoms with E-state index in [9.17, 15) is 4.79 Å². The van der Waals surface area contributed by atoms with Crippen LogP contribution < -0.4 is 10.1 Å². The van der Waals surface area contributed by atoms with Crippen LogP contribution in [0.5, 0.6) is 5.75 Å². The lowest BCUT2D eigenvalue weighted by Gasteiger charge is -2.10. The van der Waals surface area contributed by atoms with Crippen molar-refractivity contribution in [2.75, 3.05) is 18.9 Å². The minimum atomic E-state index is -0.109. The van der Waals surface area contributed by atoms with Crippen LogP contribution in [-0.2, 0) is 10.5 Å². The van der Waals surface area contributed by atoms with Gasteiger partial charge in [0.15, 0.2) is 6.61 Å². The predicted octanol–water partition coefficient (Wildman–Crippen LogP) is 4.69. The molecule has 0 heterocycles. The summed E-state index contributed by atoms with van der Waals surface area (Å²) in [5, 5.41) is 3.62. The molecule has 25 heavy (non-hydrogen) atoms. The Morgan fingerprint density at radius 2 is 1.80 bits per heavy atom. The van der Waals surface area contributed by atoms with Gasteiger partial charge in [0.1, 0.15) is 5.75 Å². The number of amides is 1. The van der Waals surface area contributed by atoms with Crippen molar-refractivity contribution in [2.45, 2.75) is 26.5 Å². The van der Waals surface area contributed by atoms with Gasteiger partial charge in [0, 0.05) is 23.1 Å². The van der Waals surface area contributed by atoms with Crippen LogP contribution in [0.1, 0.15) is 22.3 Å². The van der Waals surface area contributed by atoms with Crippen LogP contribution in [0, 0.1) is 20.8 Å². The zero-order chi connectivity index (χ0) is 18.2. The van der Waals surface area contributed by atoms with Crippen molar-refractivity contribution >= 4 is 29.3 Å². The first-order valence-corrected chi connectivity index (χ1v) is 9.79. The van der Waals surface area contributed by atoms with E-state index in [0.717, 1.165) is 27.7 Å². The molecule has 0 saturated heterocycles. The highest BCUT2D eigenvalue weighted by molar-refractivity contribution is 7.98. The smallest absolute Gasteiger partial charge is 0.257 e. The molecule has 0 aliphatic heterocycles. The molecule has 1 N–H and O–H groups in total. The summed E-state index contributed by atoms with van der Waals surface area (Å²) >= 11 is 7.94. The van der Waals surface area contributed by atoms with Gasteiger partial charge in [-0.15, -0.1) is 0 Å². The highest BCUT2D eigenvalue weighted by atomic mass is 35.5. The lowest BCUT2D eigenvalue weighted by atomic mass is 10.1. The average Bonchev–Trinajstić information content (AvgIpc) is 2.59. The first kappa shape index (κ1) is 19.7. The molecule has 134 valence electrons. The van der Waals surface area contributed by atoms with Crippen molar-refractivity contribution in [1.29, 1.82) is 0 Å². The van der Waals surface area contributed by atoms with Gasteiger partial charge in [-0.1, -0.05) is 35.9 Å². The lowest BCUT2D eigenvalue weighted by Crippen LogP contribution is -2.30. The molecule has 0 spiro atoms. The monoisotopic (exact) mass is 377 g/mol. The normalized spacial score (nSPS) is 10.6. The zero-order valence-electron chi connectivity index (χ0n) is 14.9. The Morgan fingerprint density at radius 3 is 2.48 bits per heavy atom. The molecule has 3 nitrogen and oxygen atoms in total. The Hall–Kier alpha value is -1.65. The first-order chi connectivity index (χ1) is 12.0. The summed E-state index contributed by atoms with van der Waals surface area (Å²) in [5.74, 6) is 2.40. The number of carbonyl (C=O) groups is 1. The molecule has 0 fully saturated rings. The maximum absolute atomic E-state index is 11.9. The fraction of sp³-hybridized carbons (Fsp3) is 0.350. The molecule has 0 saturated carbocycles. The van der Waals surface area contributed by atoms with Crippen LogP contribution in [0.25, 0.3) is 0 Å². The molecule has 1 amide bonds. The molecule has 0 bridgehead atoms. The van der Waals surface area contributed by atoms with E-state index >= 15 is 0 Å². The quantitative estimate of drug-likeness (QED) is 0.678. The lowest BCUT2D eigenvalue weighted by molar-refractivity contribution is -0.122. The molecule has 0 radical (unpaired) electrons. The second kappa shape index (κ2) is 9.73. The highest BCUT2D eigenvalue weighted by Crippen LogP contribution is 2.25. The molecule has 0 aliphatic rings. The summed E-state index contributed by atoms with van der Waals surface area (Å²) in [6.45, 7) is 6.62. The van der Waals surface area contributed by atoms with Gasteiger partial charge in [-0.2, -0.15) is 11.8 Å². The number of hydrogen-bond donors (Lipinski definition) is 1. The third-order valence-electron chi connectivity index (χ3n) is 3.87. The fourth-order valence-electron chi connectivity index (χ4n) is 2.41. The molecular weight excluding hydrogens is 354 g/mol. The van der Waals surface area contributed by atoms with E-state index in [4.69, 9.17) is 16.3 Å². The Balaban J connectivity index is 1.65. The number of ether oxygens (including phenoxy) is 1. The number of carbonyl (C=O) groups excluding carboxylic acids is 1. The van der Waals surface area contributed by atoms with Crippen LogP contribution in [0.4, 0.5) is 0 Å². The summed E-state index contributed by atoms with van der Waals surface area (Å²) in [6.07, 6.45) is 0. The minimum absolute atomic E-state index is 0.0168. The third-order valence-corrected chi connectivity index (χ3v) is 5.47. The number of nitrogens with one attached hydrogen (secondary N) is 1. The van der Waals surface area contributed by atoms with Crippen molar-refractivity contribution < 1.29 is 9.53 Å². The predicted molar refractivity (Wildman–Crippen MR) is 107 cm³/mol. The van der Waals surface area contributed by atoms with E-state index in [1.807, 2.05) is 43.8 Å². The summed E-state index contributed by atoms with van der Waals surface area (Å²) < 4.78 is 5.55. The summed E-state index contributed by atoms with van der Waals surface area (Å²) in [5.41, 5.74) is 4.55. The number of benzene rings is 2. The largest absolute Gasteiger partial charge is 0.484 e. The van der Waals surface area contributed by atoms with Crippen LogP contribution in [0.15, 0.2) is 36.4 Å². The standard InChI is InChI=1S/C20H24ClNO2S/c1-14-6-4-5-7-17(14)13-25-9-8-22-19(23)12-24-18-10-15(2)20(21)16(3)11-18/h4-7,10-11H,8-9,12-13H2,1-3H3,(H,22,23). The molecule has 0 aromatic heterocycles. The number of halogens is 1. The Labute approximate surface area is 159 Å². The van der Waals surface area contributed by atoms with Crippen molar-refractivity contribution in [2.24, 2.45) is 0 Å². The Morgan fingerprint density at radius 1 is 1.12 bits per heavy atom. The van der Waals surface area contributed by atoms with E-state index in [0.29, 0.717) is 12.3 Å². The van der Waals surface area contributed by atoms with Gasteiger partial charge in [0.25, 0.3) is 5.91 Å². The van der Waals surface area contributed by atoms with E-state index < -0.39 is 0 Å². The average molecular weight is 378 g/mol. The minimum Gasteiger partial charge on any atom is -0.484 e. The zero-order valence-corrected chi connectivity index (χ0v) is 16.5. The van der Waals surface area contributed by atoms with Crippen molar-refractivity contribution in [3.05, 3.63) is 63.7 Å². The second-order valence-electron chi connectivity index (χ2n) is 5.99. The van der Waals surface area contributed by atoms with Crippen molar-refractivity contribution in [3.63, 3.8) is 0 Å². The molecule has 0 atom stereocenters. The van der Waals surface area contributed by atoms with E-state index in [-0.39, 0.29) is 12.5 Å². The maximum atomic E-state index is 11.9. The van der Waals surface area contributed by atoms with E-state index in [2.05, 4.69) is 30.4 Å². The summed E-state index contributed by atoms with van der Waals surface area (Å²) in [6, 6.07) is 12.1. The number of thioether (sulfide) groups is 1. The Kier molecular flexibility index (Phi) is 7.66. The number of aryl methyl sites for hydroxylation is 3. The van der Waals surface area contributed by atoms with Gasteiger partial charge in [-0.05, 0) is 55.2 Å². The molecular formula is C20H24ClNO2S. The SMILES string of the molecule is Cc1ccccc1CSCCNC(=O)COc1cc(C)c(Cl)c(C)c1. The fourth-order valence-corrected chi connectivity index (χ4v) is 3.45. The maximum Gasteiger partial charge on any atom is 0.257 e. The molecule has 5 heteroatoms.